The van der Waals surface area contributed by atoms with Crippen molar-refractivity contribution in [2.24, 2.45) is 5.10 Å². The van der Waals surface area contributed by atoms with Crippen molar-refractivity contribution in [2.45, 2.75) is 13.8 Å². The van der Waals surface area contributed by atoms with Gasteiger partial charge < -0.3 is 9.47 Å². The Morgan fingerprint density at radius 1 is 1.23 bits per heavy atom. The zero-order valence-electron chi connectivity index (χ0n) is 16.6. The van der Waals surface area contributed by atoms with Crippen molar-refractivity contribution in [1.29, 1.82) is 5.26 Å². The average molecular weight is 402 g/mol. The number of pyridine rings is 2. The third-order valence-electron chi connectivity index (χ3n) is 4.28. The molecule has 2 heterocycles. The highest BCUT2D eigenvalue weighted by Gasteiger charge is 2.13. The third kappa shape index (κ3) is 4.25. The molecule has 3 rings (SSSR count). The smallest absolute Gasteiger partial charge is 0.345 e. The second-order valence-electron chi connectivity index (χ2n) is 6.36. The van der Waals surface area contributed by atoms with Crippen molar-refractivity contribution >= 4 is 12.2 Å². The van der Waals surface area contributed by atoms with Gasteiger partial charge in [0.05, 0.1) is 18.9 Å². The van der Waals surface area contributed by atoms with Crippen LogP contribution in [-0.2, 0) is 0 Å². The molecule has 0 bridgehead atoms. The Morgan fingerprint density at radius 2 is 2.03 bits per heavy atom. The summed E-state index contributed by atoms with van der Waals surface area (Å²) in [5.41, 5.74) is 1.69. The van der Waals surface area contributed by atoms with Gasteiger partial charge in [0.2, 0.25) is 0 Å². The molecule has 8 heteroatoms. The second kappa shape index (κ2) is 8.84. The number of methoxy groups -OCH3 is 1. The van der Waals surface area contributed by atoms with Crippen LogP contribution in [0.25, 0.3) is 0 Å². The lowest BCUT2D eigenvalue weighted by atomic mass is 10.1. The van der Waals surface area contributed by atoms with Gasteiger partial charge in [-0.05, 0) is 61.4 Å². The third-order valence-corrected chi connectivity index (χ3v) is 4.28. The zero-order chi connectivity index (χ0) is 21.7. The zero-order valence-corrected chi connectivity index (χ0v) is 16.6. The van der Waals surface area contributed by atoms with E-state index in [1.54, 1.807) is 56.4 Å². The first-order valence-corrected chi connectivity index (χ1v) is 8.92. The van der Waals surface area contributed by atoms with Crippen LogP contribution >= 0.6 is 0 Å². The van der Waals surface area contributed by atoms with Crippen LogP contribution in [-0.4, -0.2) is 29.0 Å². The summed E-state index contributed by atoms with van der Waals surface area (Å²) < 4.78 is 11.9. The first-order valence-electron chi connectivity index (χ1n) is 8.92. The first-order chi connectivity index (χ1) is 14.4. The number of nitriles is 1. The molecular formula is C22H18N4O4. The molecule has 0 saturated heterocycles. The normalized spacial score (nSPS) is 10.6. The lowest BCUT2D eigenvalue weighted by molar-refractivity contribution is 0.0729. The van der Waals surface area contributed by atoms with Crippen molar-refractivity contribution < 1.29 is 14.3 Å². The highest BCUT2D eigenvalue weighted by molar-refractivity contribution is 5.91. The van der Waals surface area contributed by atoms with E-state index in [1.165, 1.54) is 19.5 Å². The van der Waals surface area contributed by atoms with Gasteiger partial charge in [0.25, 0.3) is 5.56 Å². The van der Waals surface area contributed by atoms with Gasteiger partial charge in [-0.3, -0.25) is 9.78 Å². The van der Waals surface area contributed by atoms with Crippen LogP contribution in [0.2, 0.25) is 0 Å². The van der Waals surface area contributed by atoms with E-state index in [0.29, 0.717) is 28.1 Å². The largest absolute Gasteiger partial charge is 0.493 e. The van der Waals surface area contributed by atoms with Gasteiger partial charge in [0.1, 0.15) is 11.6 Å². The fraction of sp³-hybridized carbons (Fsp3) is 0.136. The Hall–Kier alpha value is -4.25. The fourth-order valence-corrected chi connectivity index (χ4v) is 2.78. The van der Waals surface area contributed by atoms with Crippen LogP contribution in [0.3, 0.4) is 0 Å². The van der Waals surface area contributed by atoms with Crippen molar-refractivity contribution in [3.8, 4) is 17.6 Å². The summed E-state index contributed by atoms with van der Waals surface area (Å²) in [6.45, 7) is 3.44. The topological polar surface area (TPSA) is 107 Å². The second-order valence-corrected chi connectivity index (χ2v) is 6.36. The van der Waals surface area contributed by atoms with E-state index in [2.05, 4.69) is 10.1 Å². The summed E-state index contributed by atoms with van der Waals surface area (Å²) >= 11 is 0. The maximum Gasteiger partial charge on any atom is 0.345 e. The van der Waals surface area contributed by atoms with Crippen molar-refractivity contribution in [2.75, 3.05) is 7.11 Å². The highest BCUT2D eigenvalue weighted by atomic mass is 16.6. The highest BCUT2D eigenvalue weighted by Crippen LogP contribution is 2.28. The molecule has 0 radical (unpaired) electrons. The Balaban J connectivity index is 1.88. The van der Waals surface area contributed by atoms with E-state index in [9.17, 15) is 14.9 Å². The molecule has 0 fully saturated rings. The monoisotopic (exact) mass is 402 g/mol. The van der Waals surface area contributed by atoms with Crippen LogP contribution in [0.4, 0.5) is 0 Å². The van der Waals surface area contributed by atoms with Gasteiger partial charge >= 0.3 is 5.97 Å². The quantitative estimate of drug-likeness (QED) is 0.369. The SMILES string of the molecule is COc1cc(C=Nn2c(C)cc(C)c(C#N)c2=O)ccc1OC(=O)c1cccnc1. The Bertz CT molecular complexity index is 1220. The predicted octanol–water partition coefficient (Wildman–Crippen LogP) is 2.84. The molecule has 150 valence electrons. The molecule has 1 aromatic carbocycles. The first kappa shape index (κ1) is 20.5. The van der Waals surface area contributed by atoms with E-state index in [0.717, 1.165) is 4.68 Å². The molecule has 30 heavy (non-hydrogen) atoms. The molecule has 0 spiro atoms. The molecule has 0 aliphatic rings. The van der Waals surface area contributed by atoms with Crippen molar-refractivity contribution in [3.63, 3.8) is 0 Å². The van der Waals surface area contributed by atoms with Crippen LogP contribution in [0.1, 0.15) is 32.7 Å². The van der Waals surface area contributed by atoms with Crippen LogP contribution in [0.5, 0.6) is 11.5 Å². The van der Waals surface area contributed by atoms with Gasteiger partial charge in [-0.25, -0.2) is 9.47 Å². The van der Waals surface area contributed by atoms with Crippen LogP contribution < -0.4 is 15.0 Å². The number of aryl methyl sites for hydroxylation is 2. The number of hydrogen-bond acceptors (Lipinski definition) is 7. The number of ether oxygens (including phenoxy) is 2. The number of benzene rings is 1. The van der Waals surface area contributed by atoms with E-state index in [4.69, 9.17) is 9.47 Å². The van der Waals surface area contributed by atoms with Crippen molar-refractivity contribution in [1.82, 2.24) is 9.66 Å². The maximum atomic E-state index is 12.4. The summed E-state index contributed by atoms with van der Waals surface area (Å²) in [5, 5.41) is 13.4. The summed E-state index contributed by atoms with van der Waals surface area (Å²) in [6, 6.07) is 11.7. The number of nitrogens with zero attached hydrogens (tertiary/aromatic N) is 4. The summed E-state index contributed by atoms with van der Waals surface area (Å²) in [5.74, 6) is -0.00508. The van der Waals surface area contributed by atoms with Crippen LogP contribution in [0.15, 0.2) is 58.7 Å². The Labute approximate surface area is 172 Å². The number of aromatic nitrogens is 2. The number of carbonyl (C=O) groups is 1. The number of esters is 1. The minimum Gasteiger partial charge on any atom is -0.493 e. The summed E-state index contributed by atoms with van der Waals surface area (Å²) in [4.78, 5) is 28.6. The van der Waals surface area contributed by atoms with Gasteiger partial charge in [-0.2, -0.15) is 10.4 Å². The fourth-order valence-electron chi connectivity index (χ4n) is 2.78. The van der Waals surface area contributed by atoms with Crippen LogP contribution in [0, 0.1) is 25.2 Å². The molecule has 8 nitrogen and oxygen atoms in total. The number of carbonyl (C=O) groups excluding carboxylic acids is 1. The van der Waals surface area contributed by atoms with E-state index < -0.39 is 11.5 Å². The van der Waals surface area contributed by atoms with Gasteiger partial charge in [-0.15, -0.1) is 0 Å². The number of rotatable bonds is 5. The average Bonchev–Trinajstić information content (AvgIpc) is 2.75. The molecule has 0 atom stereocenters. The van der Waals surface area contributed by atoms with E-state index >= 15 is 0 Å². The molecule has 0 N–H and O–H groups in total. The molecular weight excluding hydrogens is 384 g/mol. The van der Waals surface area contributed by atoms with Gasteiger partial charge in [0.15, 0.2) is 11.5 Å². The molecule has 0 aliphatic carbocycles. The van der Waals surface area contributed by atoms with Gasteiger partial charge in [0, 0.05) is 18.1 Å². The Morgan fingerprint density at radius 3 is 2.70 bits per heavy atom. The Kier molecular flexibility index (Phi) is 6.03. The summed E-state index contributed by atoms with van der Waals surface area (Å²) in [6.07, 6.45) is 4.43. The molecule has 3 aromatic rings. The minimum absolute atomic E-state index is 0.0491. The lowest BCUT2D eigenvalue weighted by Crippen LogP contribution is -2.22. The number of hydrogen-bond donors (Lipinski definition) is 0. The standard InChI is InChI=1S/C22H18N4O4/c1-14-9-15(2)26(21(27)18(14)11-23)25-12-16-6-7-19(20(10-16)29-3)30-22(28)17-5-4-8-24-13-17/h4-10,12-13H,1-3H3. The van der Waals surface area contributed by atoms with E-state index in [-0.39, 0.29) is 11.3 Å². The molecule has 0 amide bonds. The predicted molar refractivity (Wildman–Crippen MR) is 110 cm³/mol. The molecule has 0 unspecified atom stereocenters. The van der Waals surface area contributed by atoms with E-state index in [1.807, 2.05) is 6.07 Å². The maximum absolute atomic E-state index is 12.4. The minimum atomic E-state index is -0.561. The molecule has 2 aromatic heterocycles. The molecule has 0 aliphatic heterocycles. The van der Waals surface area contributed by atoms with Gasteiger partial charge in [-0.1, -0.05) is 0 Å². The summed E-state index contributed by atoms with van der Waals surface area (Å²) in [7, 11) is 1.45. The van der Waals surface area contributed by atoms with Crippen molar-refractivity contribution in [3.05, 3.63) is 87.1 Å². The molecule has 0 saturated carbocycles. The lowest BCUT2D eigenvalue weighted by Gasteiger charge is -2.10.